The third kappa shape index (κ3) is 6.80. The number of hydrogen-bond donors (Lipinski definition) is 4. The molecule has 2 amide bonds. The first kappa shape index (κ1) is 20.4. The number of carboxylic acid groups (broad SMARTS) is 2. The van der Waals surface area contributed by atoms with E-state index in [1.54, 1.807) is 6.92 Å². The van der Waals surface area contributed by atoms with Gasteiger partial charge in [-0.3, -0.25) is 14.4 Å². The Morgan fingerprint density at radius 2 is 1.64 bits per heavy atom. The van der Waals surface area contributed by atoms with Crippen LogP contribution in [0, 0.1) is 0 Å². The molecule has 8 nitrogen and oxygen atoms in total. The Morgan fingerprint density at radius 1 is 1.04 bits per heavy atom. The van der Waals surface area contributed by atoms with E-state index in [1.165, 1.54) is 24.3 Å². The molecule has 0 aliphatic carbocycles. The highest BCUT2D eigenvalue weighted by atomic mass is 35.5. The highest BCUT2D eigenvalue weighted by Crippen LogP contribution is 2.10. The highest BCUT2D eigenvalue weighted by Gasteiger charge is 2.26. The average Bonchev–Trinajstić information content (AvgIpc) is 2.56. The normalized spacial score (nSPS) is 12.7. The number of carbonyl (C=O) groups excluding carboxylic acids is 2. The molecule has 0 saturated carbocycles. The third-order valence-corrected chi connectivity index (χ3v) is 3.65. The highest BCUT2D eigenvalue weighted by molar-refractivity contribution is 6.30. The minimum absolute atomic E-state index is 0.233. The smallest absolute Gasteiger partial charge is 0.326 e. The van der Waals surface area contributed by atoms with Crippen LogP contribution in [0.5, 0.6) is 0 Å². The Bertz CT molecular complexity index is 647. The van der Waals surface area contributed by atoms with Crippen LogP contribution in [0.4, 0.5) is 0 Å². The Labute approximate surface area is 149 Å². The number of aliphatic carboxylic acids is 2. The molecule has 4 N–H and O–H groups in total. The van der Waals surface area contributed by atoms with Gasteiger partial charge in [-0.25, -0.2) is 4.79 Å². The Morgan fingerprint density at radius 3 is 2.12 bits per heavy atom. The summed E-state index contributed by atoms with van der Waals surface area (Å²) in [5.74, 6) is -3.70. The molecule has 2 atom stereocenters. The van der Waals surface area contributed by atoms with E-state index in [0.717, 1.165) is 0 Å². The maximum absolute atomic E-state index is 12.2. The Hall–Kier alpha value is -2.61. The topological polar surface area (TPSA) is 133 Å². The zero-order chi connectivity index (χ0) is 19.0. The van der Waals surface area contributed by atoms with Crippen LogP contribution in [0.1, 0.15) is 36.5 Å². The molecule has 2 unspecified atom stereocenters. The Balaban J connectivity index is 2.71. The summed E-state index contributed by atoms with van der Waals surface area (Å²) in [7, 11) is 0. The summed E-state index contributed by atoms with van der Waals surface area (Å²) in [6, 6.07) is 3.76. The number of nitrogens with one attached hydrogen (secondary N) is 2. The molecule has 0 saturated heterocycles. The standard InChI is InChI=1S/C16H19ClN2O6/c1-2-11(18-14(22)9-3-5-10(17)6-4-9)15(23)19-12(16(24)25)7-8-13(20)21/h3-6,11-12H,2,7-8H2,1H3,(H,18,22)(H,19,23)(H,20,21)(H,24,25). The van der Waals surface area contributed by atoms with Gasteiger partial charge in [0.2, 0.25) is 5.91 Å². The molecule has 1 aromatic rings. The molecule has 25 heavy (non-hydrogen) atoms. The SMILES string of the molecule is CCC(NC(=O)c1ccc(Cl)cc1)C(=O)NC(CCC(=O)O)C(=O)O. The van der Waals surface area contributed by atoms with Crippen molar-refractivity contribution in [3.05, 3.63) is 34.9 Å². The summed E-state index contributed by atoms with van der Waals surface area (Å²) in [6.07, 6.45) is -0.417. The van der Waals surface area contributed by atoms with Crippen molar-refractivity contribution in [3.8, 4) is 0 Å². The Kier molecular flexibility index (Phi) is 7.87. The molecule has 0 aliphatic rings. The van der Waals surface area contributed by atoms with Crippen LogP contribution in [-0.2, 0) is 14.4 Å². The maximum atomic E-state index is 12.2. The molecular weight excluding hydrogens is 352 g/mol. The lowest BCUT2D eigenvalue weighted by Gasteiger charge is -2.20. The summed E-state index contributed by atoms with van der Waals surface area (Å²) in [4.78, 5) is 46.0. The summed E-state index contributed by atoms with van der Waals surface area (Å²) < 4.78 is 0. The van der Waals surface area contributed by atoms with Gasteiger partial charge < -0.3 is 20.8 Å². The van der Waals surface area contributed by atoms with Crippen LogP contribution >= 0.6 is 11.6 Å². The van der Waals surface area contributed by atoms with Gasteiger partial charge in [-0.15, -0.1) is 0 Å². The molecular formula is C16H19ClN2O6. The first-order valence-corrected chi connectivity index (χ1v) is 7.93. The zero-order valence-electron chi connectivity index (χ0n) is 13.5. The number of halogens is 1. The number of hydrogen-bond acceptors (Lipinski definition) is 4. The second-order valence-corrected chi connectivity index (χ2v) is 5.71. The number of amides is 2. The summed E-state index contributed by atoms with van der Waals surface area (Å²) in [5.41, 5.74) is 0.302. The van der Waals surface area contributed by atoms with Gasteiger partial charge in [0.25, 0.3) is 5.91 Å². The van der Waals surface area contributed by atoms with Crippen molar-refractivity contribution in [2.45, 2.75) is 38.3 Å². The average molecular weight is 371 g/mol. The summed E-state index contributed by atoms with van der Waals surface area (Å²) in [6.45, 7) is 1.65. The van der Waals surface area contributed by atoms with Crippen LogP contribution in [0.15, 0.2) is 24.3 Å². The van der Waals surface area contributed by atoms with Crippen molar-refractivity contribution in [1.82, 2.24) is 10.6 Å². The maximum Gasteiger partial charge on any atom is 0.326 e. The summed E-state index contributed by atoms with van der Waals surface area (Å²) in [5, 5.41) is 22.9. The fourth-order valence-corrected chi connectivity index (χ4v) is 2.12. The van der Waals surface area contributed by atoms with Crippen LogP contribution in [0.3, 0.4) is 0 Å². The molecule has 0 heterocycles. The van der Waals surface area contributed by atoms with Gasteiger partial charge in [-0.05, 0) is 37.1 Å². The fraction of sp³-hybridized carbons (Fsp3) is 0.375. The first-order chi connectivity index (χ1) is 11.7. The van der Waals surface area contributed by atoms with Crippen LogP contribution in [0.25, 0.3) is 0 Å². The summed E-state index contributed by atoms with van der Waals surface area (Å²) >= 11 is 5.75. The second-order valence-electron chi connectivity index (χ2n) is 5.27. The van der Waals surface area contributed by atoms with Gasteiger partial charge in [0.1, 0.15) is 12.1 Å². The minimum Gasteiger partial charge on any atom is -0.481 e. The van der Waals surface area contributed by atoms with Crippen LogP contribution < -0.4 is 10.6 Å². The van der Waals surface area contributed by atoms with Crippen molar-refractivity contribution < 1.29 is 29.4 Å². The molecule has 1 aromatic carbocycles. The molecule has 136 valence electrons. The van der Waals surface area contributed by atoms with E-state index in [1.807, 2.05) is 0 Å². The molecule has 0 fully saturated rings. The lowest BCUT2D eigenvalue weighted by molar-refractivity contribution is -0.143. The zero-order valence-corrected chi connectivity index (χ0v) is 14.2. The number of benzene rings is 1. The molecule has 0 aromatic heterocycles. The molecule has 0 spiro atoms. The molecule has 0 radical (unpaired) electrons. The molecule has 1 rings (SSSR count). The lowest BCUT2D eigenvalue weighted by atomic mass is 10.1. The van der Waals surface area contributed by atoms with E-state index in [0.29, 0.717) is 10.6 Å². The van der Waals surface area contributed by atoms with Gasteiger partial charge in [0.05, 0.1) is 0 Å². The van der Waals surface area contributed by atoms with Crippen molar-refractivity contribution in [2.75, 3.05) is 0 Å². The van der Waals surface area contributed by atoms with Crippen molar-refractivity contribution >= 4 is 35.4 Å². The van der Waals surface area contributed by atoms with Crippen LogP contribution in [-0.4, -0.2) is 46.0 Å². The van der Waals surface area contributed by atoms with E-state index in [4.69, 9.17) is 21.8 Å². The molecule has 0 bridgehead atoms. The van der Waals surface area contributed by atoms with E-state index in [-0.39, 0.29) is 12.8 Å². The van der Waals surface area contributed by atoms with E-state index in [2.05, 4.69) is 10.6 Å². The number of carboxylic acids is 2. The quantitative estimate of drug-likeness (QED) is 0.517. The van der Waals surface area contributed by atoms with Crippen LogP contribution in [0.2, 0.25) is 5.02 Å². The van der Waals surface area contributed by atoms with Gasteiger partial charge in [0.15, 0.2) is 0 Å². The molecule has 0 aliphatic heterocycles. The van der Waals surface area contributed by atoms with E-state index < -0.39 is 42.3 Å². The second kappa shape index (κ2) is 9.63. The van der Waals surface area contributed by atoms with Gasteiger partial charge in [-0.2, -0.15) is 0 Å². The predicted octanol–water partition coefficient (Wildman–Crippen LogP) is 1.28. The number of carbonyl (C=O) groups is 4. The minimum atomic E-state index is -1.34. The van der Waals surface area contributed by atoms with Gasteiger partial charge in [0, 0.05) is 17.0 Å². The molecule has 9 heteroatoms. The van der Waals surface area contributed by atoms with E-state index >= 15 is 0 Å². The third-order valence-electron chi connectivity index (χ3n) is 3.40. The van der Waals surface area contributed by atoms with Crippen molar-refractivity contribution in [3.63, 3.8) is 0 Å². The lowest BCUT2D eigenvalue weighted by Crippen LogP contribution is -2.51. The first-order valence-electron chi connectivity index (χ1n) is 7.56. The van der Waals surface area contributed by atoms with Crippen molar-refractivity contribution in [2.24, 2.45) is 0 Å². The number of rotatable bonds is 9. The van der Waals surface area contributed by atoms with Crippen molar-refractivity contribution in [1.29, 1.82) is 0 Å². The monoisotopic (exact) mass is 370 g/mol. The van der Waals surface area contributed by atoms with Gasteiger partial charge >= 0.3 is 11.9 Å². The van der Waals surface area contributed by atoms with E-state index in [9.17, 15) is 19.2 Å². The largest absolute Gasteiger partial charge is 0.481 e. The fourth-order valence-electron chi connectivity index (χ4n) is 1.99. The predicted molar refractivity (Wildman–Crippen MR) is 89.4 cm³/mol. The van der Waals surface area contributed by atoms with Gasteiger partial charge in [-0.1, -0.05) is 18.5 Å².